The molecule has 0 aliphatic carbocycles. The molecule has 1 aromatic heterocycles. The number of fused-ring (bicyclic) bond motifs is 1. The van der Waals surface area contributed by atoms with E-state index in [0.29, 0.717) is 13.2 Å². The van der Waals surface area contributed by atoms with E-state index in [1.54, 1.807) is 11.0 Å². The second-order valence-electron chi connectivity index (χ2n) is 7.60. The number of amides is 1. The molecule has 0 saturated carbocycles. The molecule has 1 aliphatic rings. The molecule has 0 spiro atoms. The van der Waals surface area contributed by atoms with Crippen molar-refractivity contribution < 1.29 is 14.3 Å². The quantitative estimate of drug-likeness (QED) is 0.450. The fraction of sp³-hybridized carbons (Fsp3) is 0.360. The van der Waals surface area contributed by atoms with Gasteiger partial charge in [-0.3, -0.25) is 14.6 Å². The Morgan fingerprint density at radius 2 is 2.03 bits per heavy atom. The summed E-state index contributed by atoms with van der Waals surface area (Å²) in [5.74, 6) is 0.768. The Bertz CT molecular complexity index is 1050. The standard InChI is InChI=1S/C25H29N3O3S/c1-2-31-21-10-11-22-23(19-21)32-25(26-22)28(14-6-13-27-15-17-30-18-16-27)24(29)12-9-20-7-4-3-5-8-20/h3-5,7-12,19H,2,6,13-18H2,1H3/b12-9+. The number of aromatic nitrogens is 1. The molecule has 1 amide bonds. The van der Waals surface area contributed by atoms with E-state index in [2.05, 4.69) is 4.90 Å². The molecule has 6 nitrogen and oxygen atoms in total. The second kappa shape index (κ2) is 11.2. The van der Waals surface area contributed by atoms with Crippen LogP contribution in [0.15, 0.2) is 54.6 Å². The molecule has 7 heteroatoms. The van der Waals surface area contributed by atoms with Gasteiger partial charge in [-0.1, -0.05) is 41.7 Å². The molecule has 32 heavy (non-hydrogen) atoms. The van der Waals surface area contributed by atoms with Crippen LogP contribution in [0.2, 0.25) is 0 Å². The summed E-state index contributed by atoms with van der Waals surface area (Å²) in [5, 5.41) is 0.721. The Morgan fingerprint density at radius 3 is 2.81 bits per heavy atom. The molecule has 0 unspecified atom stereocenters. The molecule has 0 atom stereocenters. The van der Waals surface area contributed by atoms with Crippen LogP contribution in [0.3, 0.4) is 0 Å². The molecular weight excluding hydrogens is 422 g/mol. The lowest BCUT2D eigenvalue weighted by Crippen LogP contribution is -2.39. The van der Waals surface area contributed by atoms with E-state index < -0.39 is 0 Å². The third kappa shape index (κ3) is 5.94. The summed E-state index contributed by atoms with van der Waals surface area (Å²) >= 11 is 1.53. The summed E-state index contributed by atoms with van der Waals surface area (Å²) in [6, 6.07) is 15.7. The molecule has 3 aromatic rings. The summed E-state index contributed by atoms with van der Waals surface area (Å²) in [5.41, 5.74) is 1.88. The number of nitrogens with zero attached hydrogens (tertiary/aromatic N) is 3. The van der Waals surface area contributed by atoms with Crippen LogP contribution in [-0.2, 0) is 9.53 Å². The Hall–Kier alpha value is -2.74. The topological polar surface area (TPSA) is 54.9 Å². The number of anilines is 1. The maximum atomic E-state index is 13.2. The van der Waals surface area contributed by atoms with Gasteiger partial charge in [-0.15, -0.1) is 0 Å². The van der Waals surface area contributed by atoms with Gasteiger partial charge in [0.05, 0.1) is 30.0 Å². The van der Waals surface area contributed by atoms with Gasteiger partial charge in [0.25, 0.3) is 5.91 Å². The average molecular weight is 452 g/mol. The molecule has 1 saturated heterocycles. The molecule has 1 fully saturated rings. The SMILES string of the molecule is CCOc1ccc2nc(N(CCCN3CCOCC3)C(=O)/C=C/c3ccccc3)sc2c1. The first-order valence-electron chi connectivity index (χ1n) is 11.1. The smallest absolute Gasteiger partial charge is 0.252 e. The molecule has 0 radical (unpaired) electrons. The predicted molar refractivity (Wildman–Crippen MR) is 130 cm³/mol. The lowest BCUT2D eigenvalue weighted by atomic mass is 10.2. The molecule has 168 valence electrons. The van der Waals surface area contributed by atoms with E-state index >= 15 is 0 Å². The fourth-order valence-electron chi connectivity index (χ4n) is 3.66. The number of rotatable bonds is 9. The van der Waals surface area contributed by atoms with Crippen molar-refractivity contribution in [1.82, 2.24) is 9.88 Å². The summed E-state index contributed by atoms with van der Waals surface area (Å²) in [4.78, 5) is 22.1. The van der Waals surface area contributed by atoms with Crippen LogP contribution in [0.1, 0.15) is 18.9 Å². The Kier molecular flexibility index (Phi) is 7.87. The highest BCUT2D eigenvalue weighted by Crippen LogP contribution is 2.32. The Balaban J connectivity index is 1.52. The maximum absolute atomic E-state index is 13.2. The number of morpholine rings is 1. The van der Waals surface area contributed by atoms with Gasteiger partial charge < -0.3 is 9.47 Å². The van der Waals surface area contributed by atoms with Crippen LogP contribution in [0, 0.1) is 0 Å². The first-order valence-corrected chi connectivity index (χ1v) is 11.9. The molecule has 2 aromatic carbocycles. The minimum absolute atomic E-state index is 0.0556. The molecule has 0 N–H and O–H groups in total. The van der Waals surface area contributed by atoms with Crippen LogP contribution < -0.4 is 9.64 Å². The van der Waals surface area contributed by atoms with Gasteiger partial charge in [0.1, 0.15) is 5.75 Å². The van der Waals surface area contributed by atoms with Crippen LogP contribution in [0.25, 0.3) is 16.3 Å². The van der Waals surface area contributed by atoms with Gasteiger partial charge in [0, 0.05) is 32.3 Å². The Morgan fingerprint density at radius 1 is 1.22 bits per heavy atom. The summed E-state index contributed by atoms with van der Waals surface area (Å²) in [7, 11) is 0. The van der Waals surface area contributed by atoms with E-state index in [-0.39, 0.29) is 5.91 Å². The number of hydrogen-bond donors (Lipinski definition) is 0. The number of hydrogen-bond acceptors (Lipinski definition) is 6. The highest BCUT2D eigenvalue weighted by Gasteiger charge is 2.19. The van der Waals surface area contributed by atoms with Crippen molar-refractivity contribution in [1.29, 1.82) is 0 Å². The van der Waals surface area contributed by atoms with Gasteiger partial charge in [-0.25, -0.2) is 4.98 Å². The van der Waals surface area contributed by atoms with Gasteiger partial charge in [0.15, 0.2) is 5.13 Å². The van der Waals surface area contributed by atoms with E-state index in [1.807, 2.05) is 61.5 Å². The molecule has 0 bridgehead atoms. The van der Waals surface area contributed by atoms with Crippen LogP contribution >= 0.6 is 11.3 Å². The van der Waals surface area contributed by atoms with Crippen molar-refractivity contribution in [3.05, 3.63) is 60.2 Å². The first-order chi connectivity index (χ1) is 15.7. The van der Waals surface area contributed by atoms with Gasteiger partial charge in [-0.2, -0.15) is 0 Å². The van der Waals surface area contributed by atoms with Crippen molar-refractivity contribution in [3.8, 4) is 5.75 Å². The molecule has 2 heterocycles. The van der Waals surface area contributed by atoms with E-state index in [9.17, 15) is 4.79 Å². The summed E-state index contributed by atoms with van der Waals surface area (Å²) < 4.78 is 12.1. The number of thiazole rings is 1. The van der Waals surface area contributed by atoms with E-state index in [1.165, 1.54) is 11.3 Å². The van der Waals surface area contributed by atoms with Crippen molar-refractivity contribution in [2.45, 2.75) is 13.3 Å². The second-order valence-corrected chi connectivity index (χ2v) is 8.61. The van der Waals surface area contributed by atoms with Crippen molar-refractivity contribution >= 4 is 38.7 Å². The number of carbonyl (C=O) groups excluding carboxylic acids is 1. The average Bonchev–Trinajstić information content (AvgIpc) is 3.25. The highest BCUT2D eigenvalue weighted by molar-refractivity contribution is 7.22. The fourth-order valence-corrected chi connectivity index (χ4v) is 4.69. The number of benzene rings is 2. The van der Waals surface area contributed by atoms with Gasteiger partial charge in [0.2, 0.25) is 0 Å². The molecular formula is C25H29N3O3S. The third-order valence-corrected chi connectivity index (χ3v) is 6.38. The lowest BCUT2D eigenvalue weighted by molar-refractivity contribution is -0.114. The summed E-state index contributed by atoms with van der Waals surface area (Å²) in [6.07, 6.45) is 4.38. The molecule has 4 rings (SSSR count). The minimum Gasteiger partial charge on any atom is -0.494 e. The van der Waals surface area contributed by atoms with Gasteiger partial charge in [-0.05, 0) is 43.2 Å². The first kappa shape index (κ1) is 22.5. The van der Waals surface area contributed by atoms with Crippen LogP contribution in [-0.4, -0.2) is 61.8 Å². The van der Waals surface area contributed by atoms with Crippen molar-refractivity contribution in [2.75, 3.05) is 50.9 Å². The van der Waals surface area contributed by atoms with E-state index in [4.69, 9.17) is 14.5 Å². The predicted octanol–water partition coefficient (Wildman–Crippen LogP) is 4.46. The highest BCUT2D eigenvalue weighted by atomic mass is 32.1. The van der Waals surface area contributed by atoms with Crippen LogP contribution in [0.4, 0.5) is 5.13 Å². The maximum Gasteiger partial charge on any atom is 0.252 e. The normalized spacial score (nSPS) is 14.8. The molecule has 1 aliphatic heterocycles. The number of ether oxygens (including phenoxy) is 2. The minimum atomic E-state index is -0.0556. The van der Waals surface area contributed by atoms with Crippen molar-refractivity contribution in [2.24, 2.45) is 0 Å². The zero-order chi connectivity index (χ0) is 22.2. The Labute approximate surface area is 193 Å². The zero-order valence-electron chi connectivity index (χ0n) is 18.4. The van der Waals surface area contributed by atoms with Crippen LogP contribution in [0.5, 0.6) is 5.75 Å². The van der Waals surface area contributed by atoms with Gasteiger partial charge >= 0.3 is 0 Å². The largest absolute Gasteiger partial charge is 0.494 e. The van der Waals surface area contributed by atoms with E-state index in [0.717, 1.165) is 65.9 Å². The summed E-state index contributed by atoms with van der Waals surface area (Å²) in [6.45, 7) is 7.60. The zero-order valence-corrected chi connectivity index (χ0v) is 19.2. The van der Waals surface area contributed by atoms with Crippen molar-refractivity contribution in [3.63, 3.8) is 0 Å². The third-order valence-electron chi connectivity index (χ3n) is 5.33. The lowest BCUT2D eigenvalue weighted by Gasteiger charge is -2.27. The number of carbonyl (C=O) groups is 1. The monoisotopic (exact) mass is 451 g/mol.